The summed E-state index contributed by atoms with van der Waals surface area (Å²) in [5.41, 5.74) is 0. The molecule has 0 saturated carbocycles. The zero-order valence-electron chi connectivity index (χ0n) is 6.92. The number of rotatable bonds is 4. The van der Waals surface area contributed by atoms with E-state index in [-0.39, 0.29) is 0 Å². The number of alkyl halides is 1. The van der Waals surface area contributed by atoms with Gasteiger partial charge in [-0.15, -0.1) is 11.8 Å². The topological polar surface area (TPSA) is 9.23 Å². The monoisotopic (exact) mass is 246 g/mol. The molecule has 0 radical (unpaired) electrons. The normalized spacial score (nSPS) is 9.83. The van der Waals surface area contributed by atoms with Gasteiger partial charge < -0.3 is 4.74 Å². The Balaban J connectivity index is 2.53. The average molecular weight is 247 g/mol. The van der Waals surface area contributed by atoms with Gasteiger partial charge in [-0.05, 0) is 30.5 Å². The number of hydrogen-bond acceptors (Lipinski definition) is 2. The first-order valence-corrected chi connectivity index (χ1v) is 6.04. The van der Waals surface area contributed by atoms with Crippen LogP contribution in [0.4, 0.5) is 0 Å². The molecule has 0 aliphatic rings. The maximum absolute atomic E-state index is 5.40. The number of thioether (sulfide) groups is 1. The van der Waals surface area contributed by atoms with Crippen molar-refractivity contribution in [3.05, 3.63) is 24.3 Å². The summed E-state index contributed by atoms with van der Waals surface area (Å²) in [5, 5.41) is 0.872. The highest BCUT2D eigenvalue weighted by Gasteiger charge is 1.92. The highest BCUT2D eigenvalue weighted by Crippen LogP contribution is 2.18. The fraction of sp³-hybridized carbons (Fsp3) is 0.333. The van der Waals surface area contributed by atoms with Crippen molar-refractivity contribution in [1.29, 1.82) is 0 Å². The van der Waals surface area contributed by atoms with Crippen LogP contribution in [-0.4, -0.2) is 18.2 Å². The molecule has 66 valence electrons. The van der Waals surface area contributed by atoms with Gasteiger partial charge in [0, 0.05) is 10.2 Å². The van der Waals surface area contributed by atoms with Gasteiger partial charge >= 0.3 is 0 Å². The second kappa shape index (κ2) is 5.49. The zero-order chi connectivity index (χ0) is 8.81. The number of ether oxygens (including phenoxy) is 1. The van der Waals surface area contributed by atoms with Gasteiger partial charge in [0.2, 0.25) is 0 Å². The van der Waals surface area contributed by atoms with Crippen molar-refractivity contribution in [1.82, 2.24) is 0 Å². The summed E-state index contributed by atoms with van der Waals surface area (Å²) < 4.78 is 5.40. The largest absolute Gasteiger partial charge is 0.493 e. The van der Waals surface area contributed by atoms with Crippen LogP contribution in [-0.2, 0) is 0 Å². The molecule has 0 heterocycles. The predicted molar refractivity (Wildman–Crippen MR) is 57.5 cm³/mol. The minimum atomic E-state index is 0.721. The molecular weight excluding hydrogens is 236 g/mol. The molecule has 1 rings (SSSR count). The first kappa shape index (κ1) is 9.93. The minimum Gasteiger partial charge on any atom is -0.493 e. The van der Waals surface area contributed by atoms with Gasteiger partial charge in [-0.25, -0.2) is 0 Å². The summed E-state index contributed by atoms with van der Waals surface area (Å²) in [5.74, 6) is 0.937. The van der Waals surface area contributed by atoms with E-state index in [1.54, 1.807) is 11.8 Å². The molecule has 1 aromatic carbocycles. The van der Waals surface area contributed by atoms with Crippen LogP contribution in [0.15, 0.2) is 29.2 Å². The van der Waals surface area contributed by atoms with Crippen LogP contribution >= 0.6 is 27.7 Å². The Morgan fingerprint density at radius 2 is 2.00 bits per heavy atom. The molecule has 0 unspecified atom stereocenters. The van der Waals surface area contributed by atoms with E-state index in [0.717, 1.165) is 17.7 Å². The van der Waals surface area contributed by atoms with Gasteiger partial charge in [-0.1, -0.05) is 15.9 Å². The van der Waals surface area contributed by atoms with Crippen LogP contribution in [0.25, 0.3) is 0 Å². The van der Waals surface area contributed by atoms with Crippen molar-refractivity contribution in [3.8, 4) is 5.75 Å². The third-order valence-electron chi connectivity index (χ3n) is 1.41. The van der Waals surface area contributed by atoms with E-state index in [2.05, 4.69) is 34.3 Å². The Kier molecular flexibility index (Phi) is 4.54. The van der Waals surface area contributed by atoms with E-state index < -0.39 is 0 Å². The lowest BCUT2D eigenvalue weighted by Crippen LogP contribution is -1.96. The molecule has 0 amide bonds. The standard InChI is InChI=1S/C9H11BrOS/c1-12-9-4-2-8(3-5-9)11-7-6-10/h2-5H,6-7H2,1H3. The van der Waals surface area contributed by atoms with Crippen LogP contribution in [0, 0.1) is 0 Å². The van der Waals surface area contributed by atoms with Gasteiger partial charge in [-0.2, -0.15) is 0 Å². The Morgan fingerprint density at radius 3 is 2.50 bits per heavy atom. The van der Waals surface area contributed by atoms with Crippen LogP contribution in [0.5, 0.6) is 5.75 Å². The van der Waals surface area contributed by atoms with Crippen LogP contribution in [0.2, 0.25) is 0 Å². The molecule has 0 aliphatic carbocycles. The highest BCUT2D eigenvalue weighted by atomic mass is 79.9. The second-order valence-electron chi connectivity index (χ2n) is 2.21. The molecule has 0 aliphatic heterocycles. The lowest BCUT2D eigenvalue weighted by atomic mass is 10.3. The predicted octanol–water partition coefficient (Wildman–Crippen LogP) is 3.18. The number of benzene rings is 1. The molecule has 0 saturated heterocycles. The smallest absolute Gasteiger partial charge is 0.119 e. The third kappa shape index (κ3) is 3.07. The lowest BCUT2D eigenvalue weighted by molar-refractivity contribution is 0.345. The molecule has 1 aromatic rings. The molecular formula is C9H11BrOS. The fourth-order valence-corrected chi connectivity index (χ4v) is 1.40. The number of halogens is 1. The SMILES string of the molecule is CSc1ccc(OCCBr)cc1. The summed E-state index contributed by atoms with van der Waals surface area (Å²) >= 11 is 5.04. The molecule has 0 fully saturated rings. The maximum Gasteiger partial charge on any atom is 0.119 e. The van der Waals surface area contributed by atoms with Crippen LogP contribution in [0.1, 0.15) is 0 Å². The van der Waals surface area contributed by atoms with Gasteiger partial charge in [-0.3, -0.25) is 0 Å². The number of hydrogen-bond donors (Lipinski definition) is 0. The van der Waals surface area contributed by atoms with Crippen molar-refractivity contribution in [3.63, 3.8) is 0 Å². The van der Waals surface area contributed by atoms with Crippen molar-refractivity contribution < 1.29 is 4.74 Å². The first-order valence-electron chi connectivity index (χ1n) is 3.69. The van der Waals surface area contributed by atoms with E-state index in [4.69, 9.17) is 4.74 Å². The van der Waals surface area contributed by atoms with Crippen molar-refractivity contribution in [2.45, 2.75) is 4.90 Å². The Bertz CT molecular complexity index is 222. The third-order valence-corrected chi connectivity index (χ3v) is 2.47. The van der Waals surface area contributed by atoms with Crippen molar-refractivity contribution >= 4 is 27.7 Å². The van der Waals surface area contributed by atoms with E-state index >= 15 is 0 Å². The lowest BCUT2D eigenvalue weighted by Gasteiger charge is -2.03. The average Bonchev–Trinajstić information content (AvgIpc) is 2.15. The van der Waals surface area contributed by atoms with Crippen molar-refractivity contribution in [2.24, 2.45) is 0 Å². The fourth-order valence-electron chi connectivity index (χ4n) is 0.828. The van der Waals surface area contributed by atoms with E-state index in [9.17, 15) is 0 Å². The maximum atomic E-state index is 5.40. The van der Waals surface area contributed by atoms with Crippen molar-refractivity contribution in [2.75, 3.05) is 18.2 Å². The highest BCUT2D eigenvalue weighted by molar-refractivity contribution is 9.09. The Hall–Kier alpha value is -0.150. The molecule has 12 heavy (non-hydrogen) atoms. The van der Waals surface area contributed by atoms with Gasteiger partial charge in [0.25, 0.3) is 0 Å². The Morgan fingerprint density at radius 1 is 1.33 bits per heavy atom. The molecule has 1 nitrogen and oxygen atoms in total. The van der Waals surface area contributed by atoms with E-state index in [0.29, 0.717) is 0 Å². The molecule has 0 atom stereocenters. The summed E-state index contributed by atoms with van der Waals surface area (Å²) in [4.78, 5) is 1.26. The first-order chi connectivity index (χ1) is 5.86. The molecule has 0 aromatic heterocycles. The summed E-state index contributed by atoms with van der Waals surface area (Å²) in [6.45, 7) is 0.721. The van der Waals surface area contributed by atoms with Gasteiger partial charge in [0.05, 0.1) is 6.61 Å². The van der Waals surface area contributed by atoms with E-state index in [1.807, 2.05) is 12.1 Å². The zero-order valence-corrected chi connectivity index (χ0v) is 9.32. The molecule has 0 spiro atoms. The van der Waals surface area contributed by atoms with Crippen LogP contribution in [0.3, 0.4) is 0 Å². The van der Waals surface area contributed by atoms with Crippen LogP contribution < -0.4 is 4.74 Å². The Labute approximate surface area is 85.6 Å². The molecule has 3 heteroatoms. The van der Waals surface area contributed by atoms with E-state index in [1.165, 1.54) is 4.90 Å². The second-order valence-corrected chi connectivity index (χ2v) is 3.89. The summed E-state index contributed by atoms with van der Waals surface area (Å²) in [6, 6.07) is 8.12. The van der Waals surface area contributed by atoms with Gasteiger partial charge in [0.15, 0.2) is 0 Å². The minimum absolute atomic E-state index is 0.721. The van der Waals surface area contributed by atoms with Gasteiger partial charge in [0.1, 0.15) is 5.75 Å². The summed E-state index contributed by atoms with van der Waals surface area (Å²) in [6.07, 6.45) is 2.06. The quantitative estimate of drug-likeness (QED) is 0.597. The summed E-state index contributed by atoms with van der Waals surface area (Å²) in [7, 11) is 0. The molecule has 0 bridgehead atoms. The molecule has 0 N–H and O–H groups in total.